The van der Waals surface area contributed by atoms with E-state index in [1.807, 2.05) is 54.4 Å². The van der Waals surface area contributed by atoms with Crippen molar-refractivity contribution >= 4 is 17.3 Å². The lowest BCUT2D eigenvalue weighted by molar-refractivity contribution is -0.0329. The molecule has 0 amide bonds. The number of fused-ring (bicyclic) bond motifs is 3. The molecule has 1 N–H and O–H groups in total. The van der Waals surface area contributed by atoms with Crippen molar-refractivity contribution in [3.05, 3.63) is 82.3 Å². The smallest absolute Gasteiger partial charge is 0.246 e. The molecule has 136 valence electrons. The molecule has 3 heterocycles. The maximum absolute atomic E-state index is 9.83. The SMILES string of the molecule is Cc1ccc([C@@H]2Oc3ccc(Cl)cc3[C@H]3CC(c4cccc(O)c4)=NN32)o1. The molecule has 2 aliphatic heterocycles. The Morgan fingerprint density at radius 2 is 2.04 bits per heavy atom. The zero-order chi connectivity index (χ0) is 18.5. The summed E-state index contributed by atoms with van der Waals surface area (Å²) in [7, 11) is 0. The maximum Gasteiger partial charge on any atom is 0.246 e. The summed E-state index contributed by atoms with van der Waals surface area (Å²) in [5.74, 6) is 2.53. The van der Waals surface area contributed by atoms with E-state index < -0.39 is 6.23 Å². The molecule has 3 aromatic rings. The van der Waals surface area contributed by atoms with Crippen LogP contribution in [0.5, 0.6) is 11.5 Å². The molecule has 0 spiro atoms. The van der Waals surface area contributed by atoms with E-state index in [-0.39, 0.29) is 11.8 Å². The van der Waals surface area contributed by atoms with E-state index >= 15 is 0 Å². The number of benzene rings is 2. The van der Waals surface area contributed by atoms with Crippen LogP contribution in [0.2, 0.25) is 5.02 Å². The Bertz CT molecular complexity index is 1060. The molecule has 5 nitrogen and oxygen atoms in total. The van der Waals surface area contributed by atoms with Crippen LogP contribution in [0.4, 0.5) is 0 Å². The van der Waals surface area contributed by atoms with Crippen LogP contribution in [0.25, 0.3) is 0 Å². The fraction of sp³-hybridized carbons (Fsp3) is 0.190. The van der Waals surface area contributed by atoms with Crippen LogP contribution >= 0.6 is 11.6 Å². The molecule has 2 aliphatic rings. The van der Waals surface area contributed by atoms with Gasteiger partial charge in [-0.15, -0.1) is 0 Å². The standard InChI is InChI=1S/C21H17ClN2O3/c1-12-5-7-20(26-12)21-24-18(16-10-14(22)6-8-19(16)27-21)11-17(23-24)13-3-2-4-15(25)9-13/h2-10,18,21,25H,11H2,1H3/t18-,21+/m1/s1. The summed E-state index contributed by atoms with van der Waals surface area (Å²) in [4.78, 5) is 0. The van der Waals surface area contributed by atoms with E-state index in [0.717, 1.165) is 28.3 Å². The van der Waals surface area contributed by atoms with Crippen molar-refractivity contribution < 1.29 is 14.3 Å². The van der Waals surface area contributed by atoms with Crippen LogP contribution in [0.15, 0.2) is 64.1 Å². The molecule has 0 saturated heterocycles. The van der Waals surface area contributed by atoms with Crippen LogP contribution in [-0.2, 0) is 0 Å². The minimum absolute atomic E-state index is 0.0137. The highest BCUT2D eigenvalue weighted by Crippen LogP contribution is 2.48. The number of furan rings is 1. The summed E-state index contributed by atoms with van der Waals surface area (Å²) in [5, 5.41) is 17.3. The topological polar surface area (TPSA) is 58.2 Å². The number of aryl methyl sites for hydroxylation is 1. The Kier molecular flexibility index (Phi) is 3.65. The van der Waals surface area contributed by atoms with E-state index in [9.17, 15) is 5.11 Å². The Morgan fingerprint density at radius 1 is 1.15 bits per heavy atom. The minimum Gasteiger partial charge on any atom is -0.508 e. The van der Waals surface area contributed by atoms with Gasteiger partial charge in [-0.25, -0.2) is 5.01 Å². The molecule has 0 bridgehead atoms. The van der Waals surface area contributed by atoms with Crippen LogP contribution in [-0.4, -0.2) is 15.8 Å². The number of nitrogens with zero attached hydrogens (tertiary/aromatic N) is 2. The van der Waals surface area contributed by atoms with Crippen molar-refractivity contribution in [2.75, 3.05) is 0 Å². The van der Waals surface area contributed by atoms with Crippen LogP contribution in [0.3, 0.4) is 0 Å². The third-order valence-corrected chi connectivity index (χ3v) is 5.17. The number of hydrogen-bond acceptors (Lipinski definition) is 5. The number of phenols is 1. The van der Waals surface area contributed by atoms with Gasteiger partial charge in [0.25, 0.3) is 0 Å². The molecule has 2 atom stereocenters. The maximum atomic E-state index is 9.83. The lowest BCUT2D eigenvalue weighted by atomic mass is 9.96. The second kappa shape index (κ2) is 6.06. The highest BCUT2D eigenvalue weighted by molar-refractivity contribution is 6.30. The van der Waals surface area contributed by atoms with Gasteiger partial charge in [-0.3, -0.25) is 0 Å². The average molecular weight is 381 g/mol. The summed E-state index contributed by atoms with van der Waals surface area (Å²) in [6.45, 7) is 1.91. The lowest BCUT2D eigenvalue weighted by Gasteiger charge is -2.37. The summed E-state index contributed by atoms with van der Waals surface area (Å²) < 4.78 is 12.1. The van der Waals surface area contributed by atoms with Gasteiger partial charge in [0.2, 0.25) is 6.23 Å². The van der Waals surface area contributed by atoms with E-state index in [1.165, 1.54) is 0 Å². The first-order chi connectivity index (χ1) is 13.1. The molecule has 1 aromatic heterocycles. The zero-order valence-corrected chi connectivity index (χ0v) is 15.3. The highest BCUT2D eigenvalue weighted by atomic mass is 35.5. The summed E-state index contributed by atoms with van der Waals surface area (Å²) in [6, 6.07) is 16.6. The predicted molar refractivity (Wildman–Crippen MR) is 102 cm³/mol. The van der Waals surface area contributed by atoms with Crippen molar-refractivity contribution in [1.29, 1.82) is 0 Å². The fourth-order valence-electron chi connectivity index (χ4n) is 3.69. The van der Waals surface area contributed by atoms with Crippen LogP contribution in [0, 0.1) is 6.92 Å². The van der Waals surface area contributed by atoms with Crippen molar-refractivity contribution in [3.8, 4) is 11.5 Å². The van der Waals surface area contributed by atoms with Crippen LogP contribution < -0.4 is 4.74 Å². The third-order valence-electron chi connectivity index (χ3n) is 4.94. The lowest BCUT2D eigenvalue weighted by Crippen LogP contribution is -2.33. The van der Waals surface area contributed by atoms with E-state index in [0.29, 0.717) is 17.2 Å². The van der Waals surface area contributed by atoms with Crippen LogP contribution in [0.1, 0.15) is 41.3 Å². The third kappa shape index (κ3) is 2.75. The van der Waals surface area contributed by atoms with Gasteiger partial charge in [-0.2, -0.15) is 5.10 Å². The molecule has 0 aliphatic carbocycles. The van der Waals surface area contributed by atoms with Crippen molar-refractivity contribution in [2.24, 2.45) is 5.10 Å². The highest BCUT2D eigenvalue weighted by Gasteiger charge is 2.42. The first-order valence-electron chi connectivity index (χ1n) is 8.76. The quantitative estimate of drug-likeness (QED) is 0.664. The minimum atomic E-state index is -0.452. The Labute approximate surface area is 161 Å². The molecule has 0 fully saturated rings. The predicted octanol–water partition coefficient (Wildman–Crippen LogP) is 5.19. The van der Waals surface area contributed by atoms with Crippen molar-refractivity contribution in [1.82, 2.24) is 5.01 Å². The largest absolute Gasteiger partial charge is 0.508 e. The van der Waals surface area contributed by atoms with Gasteiger partial charge < -0.3 is 14.3 Å². The molecule has 6 heteroatoms. The molecule has 27 heavy (non-hydrogen) atoms. The van der Waals surface area contributed by atoms with E-state index in [4.69, 9.17) is 25.9 Å². The summed E-state index contributed by atoms with van der Waals surface area (Å²) in [6.07, 6.45) is 0.239. The first kappa shape index (κ1) is 16.3. The number of aromatic hydroxyl groups is 1. The first-order valence-corrected chi connectivity index (χ1v) is 9.14. The monoisotopic (exact) mass is 380 g/mol. The fourth-order valence-corrected chi connectivity index (χ4v) is 3.87. The second-order valence-electron chi connectivity index (χ2n) is 6.80. The van der Waals surface area contributed by atoms with E-state index in [2.05, 4.69) is 0 Å². The van der Waals surface area contributed by atoms with E-state index in [1.54, 1.807) is 12.1 Å². The van der Waals surface area contributed by atoms with Gasteiger partial charge >= 0.3 is 0 Å². The zero-order valence-electron chi connectivity index (χ0n) is 14.6. The van der Waals surface area contributed by atoms with Gasteiger partial charge in [0.1, 0.15) is 17.3 Å². The van der Waals surface area contributed by atoms with Gasteiger partial charge in [0.15, 0.2) is 5.76 Å². The second-order valence-corrected chi connectivity index (χ2v) is 7.23. The summed E-state index contributed by atoms with van der Waals surface area (Å²) >= 11 is 6.23. The number of hydrazone groups is 1. The Balaban J connectivity index is 1.61. The normalized spacial score (nSPS) is 20.7. The van der Waals surface area contributed by atoms with Gasteiger partial charge in [-0.05, 0) is 49.4 Å². The average Bonchev–Trinajstić information content (AvgIpc) is 3.28. The molecule has 2 aromatic carbocycles. The molecular formula is C21H17ClN2O3. The molecule has 0 saturated carbocycles. The Morgan fingerprint density at radius 3 is 2.81 bits per heavy atom. The van der Waals surface area contributed by atoms with Gasteiger partial charge in [0, 0.05) is 22.6 Å². The molecular weight excluding hydrogens is 364 g/mol. The molecule has 0 radical (unpaired) electrons. The Hall–Kier alpha value is -2.92. The molecule has 5 rings (SSSR count). The summed E-state index contributed by atoms with van der Waals surface area (Å²) in [5.41, 5.74) is 2.78. The molecule has 0 unspecified atom stereocenters. The van der Waals surface area contributed by atoms with Crippen molar-refractivity contribution in [2.45, 2.75) is 25.6 Å². The number of rotatable bonds is 2. The van der Waals surface area contributed by atoms with Crippen molar-refractivity contribution in [3.63, 3.8) is 0 Å². The number of ether oxygens (including phenoxy) is 1. The number of halogens is 1. The number of hydrogen-bond donors (Lipinski definition) is 1. The van der Waals surface area contributed by atoms with Gasteiger partial charge in [-0.1, -0.05) is 23.7 Å². The number of phenolic OH excluding ortho intramolecular Hbond substituents is 1. The van der Waals surface area contributed by atoms with Gasteiger partial charge in [0.05, 0.1) is 11.8 Å².